The summed E-state index contributed by atoms with van der Waals surface area (Å²) in [6.07, 6.45) is -1.36. The molecule has 0 aliphatic carbocycles. The lowest BCUT2D eigenvalue weighted by Gasteiger charge is -2.26. The van der Waals surface area contributed by atoms with Gasteiger partial charge in [-0.05, 0) is 62.1 Å². The number of amides is 1. The first kappa shape index (κ1) is 24.1. The van der Waals surface area contributed by atoms with Gasteiger partial charge in [0.1, 0.15) is 17.6 Å². The third-order valence-electron chi connectivity index (χ3n) is 5.54. The molecule has 1 heterocycles. The van der Waals surface area contributed by atoms with Crippen LogP contribution in [0.15, 0.2) is 71.6 Å². The van der Waals surface area contributed by atoms with E-state index in [9.17, 15) is 14.3 Å². The van der Waals surface area contributed by atoms with Gasteiger partial charge in [-0.1, -0.05) is 24.3 Å². The summed E-state index contributed by atoms with van der Waals surface area (Å²) in [4.78, 5) is 17.7. The van der Waals surface area contributed by atoms with E-state index < -0.39 is 23.1 Å². The summed E-state index contributed by atoms with van der Waals surface area (Å²) in [6, 6.07) is 19.4. The van der Waals surface area contributed by atoms with Crippen LogP contribution in [0.5, 0.6) is 17.2 Å². The summed E-state index contributed by atoms with van der Waals surface area (Å²) in [5.74, 6) is 0.431. The molecule has 0 radical (unpaired) electrons. The molecule has 178 valence electrons. The van der Waals surface area contributed by atoms with Crippen molar-refractivity contribution in [1.82, 2.24) is 4.90 Å². The van der Waals surface area contributed by atoms with E-state index in [1.165, 1.54) is 31.0 Å². The van der Waals surface area contributed by atoms with Crippen LogP contribution in [0.3, 0.4) is 0 Å². The Balaban J connectivity index is 1.74. The SMILES string of the molecule is COc1ccc(C2Sc3cc(Oc4ccccc4)ccc3N(CCN(C)C)C(=O)C2O)cc1F. The second-order valence-electron chi connectivity index (χ2n) is 8.22. The quantitative estimate of drug-likeness (QED) is 0.526. The number of para-hydroxylation sites is 1. The molecule has 0 fully saturated rings. The molecule has 0 saturated carbocycles. The van der Waals surface area contributed by atoms with Crippen LogP contribution in [0.1, 0.15) is 10.8 Å². The van der Waals surface area contributed by atoms with Gasteiger partial charge in [0.25, 0.3) is 5.91 Å². The number of nitrogens with zero attached hydrogens (tertiary/aromatic N) is 2. The Kier molecular flexibility index (Phi) is 7.41. The van der Waals surface area contributed by atoms with Gasteiger partial charge in [-0.15, -0.1) is 11.8 Å². The largest absolute Gasteiger partial charge is 0.494 e. The maximum absolute atomic E-state index is 14.5. The van der Waals surface area contributed by atoms with E-state index in [1.54, 1.807) is 11.0 Å². The van der Waals surface area contributed by atoms with Crippen LogP contribution in [0, 0.1) is 5.82 Å². The Hall–Kier alpha value is -3.07. The zero-order valence-corrected chi connectivity index (χ0v) is 20.1. The van der Waals surface area contributed by atoms with Crippen molar-refractivity contribution in [3.8, 4) is 17.2 Å². The van der Waals surface area contributed by atoms with Crippen molar-refractivity contribution in [3.63, 3.8) is 0 Å². The third-order valence-corrected chi connectivity index (χ3v) is 6.90. The van der Waals surface area contributed by atoms with Crippen LogP contribution < -0.4 is 14.4 Å². The predicted molar refractivity (Wildman–Crippen MR) is 131 cm³/mol. The van der Waals surface area contributed by atoms with Gasteiger partial charge in [0.15, 0.2) is 11.6 Å². The van der Waals surface area contributed by atoms with Crippen molar-refractivity contribution in [1.29, 1.82) is 0 Å². The fourth-order valence-electron chi connectivity index (χ4n) is 3.75. The molecule has 1 N–H and O–H groups in total. The molecule has 6 nitrogen and oxygen atoms in total. The molecule has 3 aromatic carbocycles. The molecule has 0 saturated heterocycles. The number of benzene rings is 3. The van der Waals surface area contributed by atoms with Crippen molar-refractivity contribution in [2.24, 2.45) is 0 Å². The number of methoxy groups -OCH3 is 1. The highest BCUT2D eigenvalue weighted by molar-refractivity contribution is 7.99. The van der Waals surface area contributed by atoms with Gasteiger partial charge < -0.3 is 24.4 Å². The van der Waals surface area contributed by atoms with E-state index in [1.807, 2.05) is 67.5 Å². The van der Waals surface area contributed by atoms with Crippen molar-refractivity contribution in [2.75, 3.05) is 39.2 Å². The number of hydrogen-bond donors (Lipinski definition) is 1. The van der Waals surface area contributed by atoms with Crippen LogP contribution >= 0.6 is 11.8 Å². The maximum Gasteiger partial charge on any atom is 0.257 e. The number of ether oxygens (including phenoxy) is 2. The van der Waals surface area contributed by atoms with E-state index in [0.717, 1.165) is 4.90 Å². The molecule has 2 atom stereocenters. The van der Waals surface area contributed by atoms with E-state index in [0.29, 0.717) is 35.8 Å². The average molecular weight is 483 g/mol. The molecule has 34 heavy (non-hydrogen) atoms. The van der Waals surface area contributed by atoms with Gasteiger partial charge in [0, 0.05) is 18.0 Å². The number of fused-ring (bicyclic) bond motifs is 1. The van der Waals surface area contributed by atoms with Crippen molar-refractivity contribution < 1.29 is 23.8 Å². The second kappa shape index (κ2) is 10.5. The number of carbonyl (C=O) groups excluding carboxylic acids is 1. The van der Waals surface area contributed by atoms with E-state index in [4.69, 9.17) is 9.47 Å². The molecular formula is C26H27FN2O4S. The Labute approximate surface area is 202 Å². The van der Waals surface area contributed by atoms with Crippen LogP contribution in [0.2, 0.25) is 0 Å². The van der Waals surface area contributed by atoms with Crippen LogP contribution in [0.25, 0.3) is 0 Å². The molecule has 2 unspecified atom stereocenters. The van der Waals surface area contributed by atoms with Gasteiger partial charge in [-0.2, -0.15) is 0 Å². The first-order valence-corrected chi connectivity index (χ1v) is 11.8. The van der Waals surface area contributed by atoms with Crippen molar-refractivity contribution in [3.05, 3.63) is 78.1 Å². The molecule has 0 spiro atoms. The summed E-state index contributed by atoms with van der Waals surface area (Å²) in [5.41, 5.74) is 1.19. The van der Waals surface area contributed by atoms with Gasteiger partial charge >= 0.3 is 0 Å². The lowest BCUT2D eigenvalue weighted by Crippen LogP contribution is -2.43. The molecule has 1 amide bonds. The molecule has 0 aromatic heterocycles. The predicted octanol–water partition coefficient (Wildman–Crippen LogP) is 4.73. The monoisotopic (exact) mass is 482 g/mol. The molecule has 4 rings (SSSR count). The van der Waals surface area contributed by atoms with Gasteiger partial charge in [0.05, 0.1) is 18.0 Å². The number of aliphatic hydroxyl groups excluding tert-OH is 1. The van der Waals surface area contributed by atoms with Gasteiger partial charge in [-0.25, -0.2) is 4.39 Å². The zero-order valence-electron chi connectivity index (χ0n) is 19.3. The topological polar surface area (TPSA) is 62.2 Å². The number of aliphatic hydroxyl groups is 1. The molecule has 1 aliphatic heterocycles. The van der Waals surface area contributed by atoms with E-state index in [2.05, 4.69) is 0 Å². The van der Waals surface area contributed by atoms with E-state index >= 15 is 0 Å². The molecule has 0 bridgehead atoms. The van der Waals surface area contributed by atoms with E-state index in [-0.39, 0.29) is 5.75 Å². The summed E-state index contributed by atoms with van der Waals surface area (Å²) in [5, 5.41) is 10.4. The van der Waals surface area contributed by atoms with Crippen LogP contribution in [-0.2, 0) is 4.79 Å². The Morgan fingerprint density at radius 3 is 2.50 bits per heavy atom. The molecular weight excluding hydrogens is 455 g/mol. The van der Waals surface area contributed by atoms with Crippen molar-refractivity contribution >= 4 is 23.4 Å². The first-order chi connectivity index (χ1) is 16.4. The maximum atomic E-state index is 14.5. The number of rotatable bonds is 7. The zero-order chi connectivity index (χ0) is 24.2. The Bertz CT molecular complexity index is 1160. The van der Waals surface area contributed by atoms with Crippen molar-refractivity contribution in [2.45, 2.75) is 16.2 Å². The first-order valence-electron chi connectivity index (χ1n) is 10.9. The second-order valence-corrected chi connectivity index (χ2v) is 9.40. The summed E-state index contributed by atoms with van der Waals surface area (Å²) in [6.45, 7) is 1.02. The number of hydrogen-bond acceptors (Lipinski definition) is 6. The highest BCUT2D eigenvalue weighted by atomic mass is 32.2. The van der Waals surface area contributed by atoms with Gasteiger partial charge in [0.2, 0.25) is 0 Å². The lowest BCUT2D eigenvalue weighted by molar-refractivity contribution is -0.126. The highest BCUT2D eigenvalue weighted by Crippen LogP contribution is 2.47. The Morgan fingerprint density at radius 2 is 1.82 bits per heavy atom. The fourth-order valence-corrected chi connectivity index (χ4v) is 5.03. The third kappa shape index (κ3) is 5.19. The Morgan fingerprint density at radius 1 is 1.06 bits per heavy atom. The molecule has 1 aliphatic rings. The minimum absolute atomic E-state index is 0.106. The molecule has 8 heteroatoms. The van der Waals surface area contributed by atoms with Crippen LogP contribution in [-0.4, -0.2) is 56.3 Å². The number of carbonyl (C=O) groups is 1. The minimum atomic E-state index is -1.36. The normalized spacial score (nSPS) is 17.9. The average Bonchev–Trinajstić information content (AvgIpc) is 2.93. The standard InChI is InChI=1S/C26H27FN2O4S/c1-28(2)13-14-29-21-11-10-19(33-18-7-5-4-6-8-18)16-23(21)34-25(24(30)26(29)31)17-9-12-22(32-3)20(27)15-17/h4-12,15-16,24-25,30H,13-14H2,1-3H3. The number of thioether (sulfide) groups is 1. The summed E-state index contributed by atoms with van der Waals surface area (Å²) in [7, 11) is 5.24. The number of anilines is 1. The van der Waals surface area contributed by atoms with Gasteiger partial charge in [-0.3, -0.25) is 4.79 Å². The van der Waals surface area contributed by atoms with Crippen LogP contribution in [0.4, 0.5) is 10.1 Å². The smallest absolute Gasteiger partial charge is 0.257 e. The minimum Gasteiger partial charge on any atom is -0.494 e. The molecule has 3 aromatic rings. The summed E-state index contributed by atoms with van der Waals surface area (Å²) >= 11 is 1.31. The fraction of sp³-hybridized carbons (Fsp3) is 0.269. The lowest BCUT2D eigenvalue weighted by atomic mass is 10.1. The summed E-state index contributed by atoms with van der Waals surface area (Å²) < 4.78 is 25.5. The number of likely N-dealkylation sites (N-methyl/N-ethyl adjacent to an activating group) is 1. The highest BCUT2D eigenvalue weighted by Gasteiger charge is 2.37. The number of halogens is 1.